The average molecular weight is 623 g/mol. The molecule has 1 amide bonds. The largest absolute Gasteiger partial charge is 0.493 e. The Morgan fingerprint density at radius 1 is 0.956 bits per heavy atom. The predicted molar refractivity (Wildman–Crippen MR) is 163 cm³/mol. The number of anilines is 2. The van der Waals surface area contributed by atoms with Crippen molar-refractivity contribution in [2.24, 2.45) is 0 Å². The van der Waals surface area contributed by atoms with Gasteiger partial charge in [0.1, 0.15) is 35.7 Å². The van der Waals surface area contributed by atoms with Crippen LogP contribution in [0.3, 0.4) is 0 Å². The Morgan fingerprint density at radius 3 is 2.40 bits per heavy atom. The van der Waals surface area contributed by atoms with Crippen LogP contribution in [0.5, 0.6) is 11.5 Å². The number of amides is 1. The number of carbonyl (C=O) groups excluding carboxylic acids is 1. The smallest absolute Gasteiger partial charge is 0.248 e. The Labute approximate surface area is 258 Å². The summed E-state index contributed by atoms with van der Waals surface area (Å²) in [4.78, 5) is 20.2. The maximum absolute atomic E-state index is 15.2. The lowest BCUT2D eigenvalue weighted by Gasteiger charge is -2.40. The summed E-state index contributed by atoms with van der Waals surface area (Å²) in [6, 6.07) is 12.8. The van der Waals surface area contributed by atoms with Gasteiger partial charge in [-0.3, -0.25) is 9.69 Å². The van der Waals surface area contributed by atoms with Gasteiger partial charge in [-0.25, -0.2) is 22.8 Å². The van der Waals surface area contributed by atoms with Crippen LogP contribution in [0.15, 0.2) is 73.3 Å². The Balaban J connectivity index is 1.20. The second-order valence-electron chi connectivity index (χ2n) is 10.6. The van der Waals surface area contributed by atoms with E-state index in [1.807, 2.05) is 9.80 Å². The number of nitrogens with one attached hydrogen (secondary N) is 1. The van der Waals surface area contributed by atoms with E-state index in [9.17, 15) is 18.7 Å². The van der Waals surface area contributed by atoms with Gasteiger partial charge < -0.3 is 24.8 Å². The molecular formula is C32H33F3N6O4. The summed E-state index contributed by atoms with van der Waals surface area (Å²) in [6.45, 7) is 1.70. The number of carbonyl (C=O) groups is 1. The van der Waals surface area contributed by atoms with E-state index in [2.05, 4.69) is 15.4 Å². The number of hydrogen-bond donors (Lipinski definition) is 2. The second-order valence-corrected chi connectivity index (χ2v) is 10.6. The minimum Gasteiger partial charge on any atom is -0.493 e. The van der Waals surface area contributed by atoms with Gasteiger partial charge in [0.05, 0.1) is 26.5 Å². The van der Waals surface area contributed by atoms with Crippen LogP contribution in [0.4, 0.5) is 24.5 Å². The van der Waals surface area contributed by atoms with Gasteiger partial charge in [-0.2, -0.15) is 5.10 Å². The maximum Gasteiger partial charge on any atom is 0.248 e. The van der Waals surface area contributed by atoms with Crippen LogP contribution in [0.25, 0.3) is 6.08 Å². The van der Waals surface area contributed by atoms with Crippen molar-refractivity contribution in [3.05, 3.63) is 102 Å². The number of nitrogens with zero attached hydrogens (tertiary/aromatic N) is 5. The molecule has 2 heterocycles. The van der Waals surface area contributed by atoms with E-state index in [0.29, 0.717) is 49.1 Å². The van der Waals surface area contributed by atoms with Crippen molar-refractivity contribution in [2.75, 3.05) is 57.2 Å². The average Bonchev–Trinajstić information content (AvgIpc) is 3.53. The molecule has 0 aliphatic carbocycles. The van der Waals surface area contributed by atoms with Crippen molar-refractivity contribution in [2.45, 2.75) is 12.1 Å². The molecule has 236 valence electrons. The van der Waals surface area contributed by atoms with Crippen molar-refractivity contribution >= 4 is 23.4 Å². The highest BCUT2D eigenvalue weighted by molar-refractivity contribution is 6.02. The summed E-state index contributed by atoms with van der Waals surface area (Å²) in [5.74, 6) is -1.43. The van der Waals surface area contributed by atoms with Crippen molar-refractivity contribution in [1.82, 2.24) is 19.7 Å². The SMILES string of the molecule is COc1ccc(/C=C/C(=O)Nc2ccc(N3CCN(CC(O)(Cn4cncn4)c4ccc(F)cc4F)CC3)c(F)c2)cc1OC. The first-order valence-corrected chi connectivity index (χ1v) is 14.2. The van der Waals surface area contributed by atoms with Crippen LogP contribution in [-0.4, -0.2) is 77.6 Å². The monoisotopic (exact) mass is 622 g/mol. The van der Waals surface area contributed by atoms with Crippen LogP contribution in [0, 0.1) is 17.5 Å². The molecule has 1 aliphatic rings. The lowest BCUT2D eigenvalue weighted by Crippen LogP contribution is -2.52. The molecule has 1 fully saturated rings. The Hall–Kier alpha value is -4.88. The van der Waals surface area contributed by atoms with E-state index in [0.717, 1.165) is 17.7 Å². The van der Waals surface area contributed by atoms with Crippen LogP contribution in [0.1, 0.15) is 11.1 Å². The van der Waals surface area contributed by atoms with E-state index in [1.165, 1.54) is 49.8 Å². The summed E-state index contributed by atoms with van der Waals surface area (Å²) in [5, 5.41) is 18.3. The van der Waals surface area contributed by atoms with Gasteiger partial charge in [0, 0.05) is 56.1 Å². The number of aliphatic hydroxyl groups is 1. The molecule has 3 aromatic carbocycles. The molecule has 0 radical (unpaired) electrons. The number of rotatable bonds is 11. The zero-order valence-electron chi connectivity index (χ0n) is 24.8. The Morgan fingerprint density at radius 2 is 1.73 bits per heavy atom. The lowest BCUT2D eigenvalue weighted by molar-refractivity contribution is -0.111. The zero-order chi connectivity index (χ0) is 32.0. The van der Waals surface area contributed by atoms with Gasteiger partial charge in [0.15, 0.2) is 11.5 Å². The normalized spacial score (nSPS) is 15.2. The van der Waals surface area contributed by atoms with E-state index in [-0.39, 0.29) is 18.7 Å². The van der Waals surface area contributed by atoms with Crippen LogP contribution in [-0.2, 0) is 16.9 Å². The standard InChI is InChI=1S/C32H33F3N6O4/c1-44-29-9-3-22(15-30(29)45-2)4-10-31(42)38-24-6-8-28(27(35)17-24)40-13-11-39(12-14-40)18-32(43,19-41-21-36-20-37-41)25-7-5-23(33)16-26(25)34/h3-10,15-17,20-21,43H,11-14,18-19H2,1-2H3,(H,38,42)/b10-4+. The third kappa shape index (κ3) is 7.62. The highest BCUT2D eigenvalue weighted by atomic mass is 19.1. The van der Waals surface area contributed by atoms with E-state index in [4.69, 9.17) is 9.47 Å². The van der Waals surface area contributed by atoms with E-state index < -0.39 is 29.0 Å². The Bertz CT molecular complexity index is 1660. The molecule has 1 atom stereocenters. The number of hydrogen-bond acceptors (Lipinski definition) is 8. The van der Waals surface area contributed by atoms with Gasteiger partial charge in [0.25, 0.3) is 0 Å². The summed E-state index contributed by atoms with van der Waals surface area (Å²) >= 11 is 0. The maximum atomic E-state index is 15.2. The number of aromatic nitrogens is 3. The van der Waals surface area contributed by atoms with Gasteiger partial charge in [0.2, 0.25) is 5.91 Å². The number of methoxy groups -OCH3 is 2. The summed E-state index contributed by atoms with van der Waals surface area (Å²) in [6.07, 6.45) is 5.67. The molecule has 1 aromatic heterocycles. The van der Waals surface area contributed by atoms with Gasteiger partial charge in [-0.1, -0.05) is 12.1 Å². The molecule has 0 spiro atoms. The topological polar surface area (TPSA) is 105 Å². The lowest BCUT2D eigenvalue weighted by atomic mass is 9.92. The third-order valence-corrected chi connectivity index (χ3v) is 7.57. The van der Waals surface area contributed by atoms with Crippen LogP contribution < -0.4 is 19.7 Å². The summed E-state index contributed by atoms with van der Waals surface area (Å²) in [5.41, 5.74) is -0.383. The molecule has 1 aliphatic heterocycles. The quantitative estimate of drug-likeness (QED) is 0.241. The minimum absolute atomic E-state index is 0.0352. The Kier molecular flexibility index (Phi) is 9.69. The summed E-state index contributed by atoms with van der Waals surface area (Å²) in [7, 11) is 3.06. The molecule has 1 unspecified atom stereocenters. The third-order valence-electron chi connectivity index (χ3n) is 7.57. The number of benzene rings is 3. The van der Waals surface area contributed by atoms with Gasteiger partial charge in [-0.05, 0) is 48.0 Å². The molecule has 10 nitrogen and oxygen atoms in total. The van der Waals surface area contributed by atoms with E-state index >= 15 is 4.39 Å². The first-order valence-electron chi connectivity index (χ1n) is 14.2. The van der Waals surface area contributed by atoms with Crippen molar-refractivity contribution < 1.29 is 32.5 Å². The summed E-state index contributed by atoms with van der Waals surface area (Å²) < 4.78 is 55.5. The van der Waals surface area contributed by atoms with Gasteiger partial charge >= 0.3 is 0 Å². The number of piperazine rings is 1. The number of β-amino-alcohol motifs (C(OH)–C–C–N with tert-alkyl or cyclic N) is 1. The first-order chi connectivity index (χ1) is 21.7. The fraction of sp³-hybridized carbons (Fsp3) is 0.281. The fourth-order valence-electron chi connectivity index (χ4n) is 5.34. The highest BCUT2D eigenvalue weighted by Crippen LogP contribution is 2.30. The predicted octanol–water partition coefficient (Wildman–Crippen LogP) is 4.07. The molecule has 0 saturated carbocycles. The minimum atomic E-state index is -1.73. The molecule has 4 aromatic rings. The molecule has 13 heteroatoms. The molecule has 45 heavy (non-hydrogen) atoms. The second kappa shape index (κ2) is 13.8. The molecule has 2 N–H and O–H groups in total. The highest BCUT2D eigenvalue weighted by Gasteiger charge is 2.36. The molecule has 5 rings (SSSR count). The number of ether oxygens (including phenoxy) is 2. The van der Waals surface area contributed by atoms with Crippen molar-refractivity contribution in [3.63, 3.8) is 0 Å². The molecule has 0 bridgehead atoms. The van der Waals surface area contributed by atoms with Gasteiger partial charge in [-0.15, -0.1) is 0 Å². The van der Waals surface area contributed by atoms with Crippen molar-refractivity contribution in [1.29, 1.82) is 0 Å². The van der Waals surface area contributed by atoms with Crippen LogP contribution in [0.2, 0.25) is 0 Å². The number of halogens is 3. The molecular weight excluding hydrogens is 589 g/mol. The molecule has 1 saturated heterocycles. The van der Waals surface area contributed by atoms with E-state index in [1.54, 1.807) is 36.4 Å². The fourth-order valence-corrected chi connectivity index (χ4v) is 5.34. The first kappa shape index (κ1) is 31.5. The van der Waals surface area contributed by atoms with Crippen molar-refractivity contribution in [3.8, 4) is 11.5 Å². The van der Waals surface area contributed by atoms with Crippen LogP contribution >= 0.6 is 0 Å². The zero-order valence-corrected chi connectivity index (χ0v) is 24.8.